The van der Waals surface area contributed by atoms with Gasteiger partial charge in [-0.2, -0.15) is 0 Å². The van der Waals surface area contributed by atoms with Gasteiger partial charge < -0.3 is 0 Å². The molecule has 0 spiro atoms. The summed E-state index contributed by atoms with van der Waals surface area (Å²) in [5.74, 6) is 0.168. The second-order valence-electron chi connectivity index (χ2n) is 7.67. The zero-order chi connectivity index (χ0) is 23.7. The minimum atomic E-state index is -0.127. The average molecular weight is 547 g/mol. The molecule has 0 radical (unpaired) electrons. The molecule has 0 aliphatic carbocycles. The van der Waals surface area contributed by atoms with Gasteiger partial charge in [-0.3, -0.25) is 14.2 Å². The summed E-state index contributed by atoms with van der Waals surface area (Å²) in [6, 6.07) is 26.7. The Bertz CT molecular complexity index is 1540. The van der Waals surface area contributed by atoms with Gasteiger partial charge in [0.2, 0.25) is 0 Å². The van der Waals surface area contributed by atoms with E-state index in [1.165, 1.54) is 23.1 Å². The molecule has 0 amide bonds. The lowest BCUT2D eigenvalue weighted by atomic mass is 10.0. The van der Waals surface area contributed by atoms with E-state index in [0.717, 1.165) is 26.2 Å². The Hall–Kier alpha value is -3.00. The molecule has 0 aliphatic heterocycles. The molecule has 0 atom stereocenters. The fraction of sp³-hybridized carbons (Fsp3) is 0.0741. The third-order valence-electron chi connectivity index (χ3n) is 5.45. The second-order valence-corrected chi connectivity index (χ2v) is 10.7. The molecule has 0 bridgehead atoms. The maximum absolute atomic E-state index is 13.9. The zero-order valence-corrected chi connectivity index (χ0v) is 21.4. The van der Waals surface area contributed by atoms with Gasteiger partial charge in [0.05, 0.1) is 16.8 Å². The first kappa shape index (κ1) is 22.8. The lowest BCUT2D eigenvalue weighted by Crippen LogP contribution is -2.22. The Morgan fingerprint density at radius 3 is 2.29 bits per heavy atom. The number of aromatic nitrogens is 2. The van der Waals surface area contributed by atoms with Crippen molar-refractivity contribution in [2.45, 2.75) is 12.1 Å². The summed E-state index contributed by atoms with van der Waals surface area (Å²) < 4.78 is 2.55. The first-order chi connectivity index (χ1) is 16.5. The molecule has 0 fully saturated rings. The van der Waals surface area contributed by atoms with Crippen LogP contribution in [0.3, 0.4) is 0 Å². The Balaban J connectivity index is 1.63. The lowest BCUT2D eigenvalue weighted by Gasteiger charge is -2.12. The predicted molar refractivity (Wildman–Crippen MR) is 145 cm³/mol. The normalized spacial score (nSPS) is 11.1. The van der Waals surface area contributed by atoms with E-state index in [2.05, 4.69) is 15.9 Å². The fourth-order valence-corrected chi connectivity index (χ4v) is 6.10. The molecule has 0 N–H and O–H groups in total. The highest BCUT2D eigenvalue weighted by Gasteiger charge is 2.21. The first-order valence-corrected chi connectivity index (χ1v) is 13.2. The lowest BCUT2D eigenvalue weighted by molar-refractivity contribution is 0.102. The second kappa shape index (κ2) is 9.70. The number of fused-ring (bicyclic) bond motifs is 1. The molecule has 0 saturated carbocycles. The highest BCUT2D eigenvalue weighted by Crippen LogP contribution is 2.37. The number of hydrogen-bond donors (Lipinski definition) is 0. The Morgan fingerprint density at radius 1 is 0.971 bits per heavy atom. The number of carbonyl (C=O) groups is 1. The molecule has 0 aliphatic rings. The highest BCUT2D eigenvalue weighted by molar-refractivity contribution is 9.10. The molecule has 0 unspecified atom stereocenters. The maximum atomic E-state index is 13.9. The third-order valence-corrected chi connectivity index (χ3v) is 7.91. The molecule has 4 nitrogen and oxygen atoms in total. The summed E-state index contributed by atoms with van der Waals surface area (Å²) >= 11 is 6.19. The third kappa shape index (κ3) is 4.39. The summed E-state index contributed by atoms with van der Waals surface area (Å²) in [6.07, 6.45) is 0. The molecule has 5 aromatic rings. The number of rotatable bonds is 6. The van der Waals surface area contributed by atoms with Crippen molar-refractivity contribution < 1.29 is 4.79 Å². The summed E-state index contributed by atoms with van der Waals surface area (Å²) in [4.78, 5) is 33.4. The standard InChI is InChI=1S/C27H19BrN2O2S2/c1-17-23(19-8-4-2-5-9-19)24-25(34-17)29-27(30(26(24)32)21-10-6-3-7-11-21)33-16-22(31)18-12-14-20(28)15-13-18/h2-15H,16H2,1H3. The fourth-order valence-electron chi connectivity index (χ4n) is 3.85. The number of nitrogens with zero attached hydrogens (tertiary/aromatic N) is 2. The summed E-state index contributed by atoms with van der Waals surface area (Å²) in [5.41, 5.74) is 3.14. The number of thioether (sulfide) groups is 1. The molecule has 7 heteroatoms. The van der Waals surface area contributed by atoms with Crippen molar-refractivity contribution in [2.75, 3.05) is 5.75 Å². The number of benzene rings is 3. The number of hydrogen-bond acceptors (Lipinski definition) is 5. The van der Waals surface area contributed by atoms with Gasteiger partial charge in [-0.05, 0) is 36.8 Å². The zero-order valence-electron chi connectivity index (χ0n) is 18.2. The Kier molecular flexibility index (Phi) is 6.50. The first-order valence-electron chi connectivity index (χ1n) is 10.6. The van der Waals surface area contributed by atoms with Crippen molar-refractivity contribution in [1.82, 2.24) is 9.55 Å². The highest BCUT2D eigenvalue weighted by atomic mass is 79.9. The van der Waals surface area contributed by atoms with Gasteiger partial charge >= 0.3 is 0 Å². The van der Waals surface area contributed by atoms with Crippen LogP contribution < -0.4 is 5.56 Å². The molecule has 0 saturated heterocycles. The largest absolute Gasteiger partial charge is 0.293 e. The van der Waals surface area contributed by atoms with Gasteiger partial charge in [-0.1, -0.05) is 88.4 Å². The molecule has 5 rings (SSSR count). The van der Waals surface area contributed by atoms with Crippen molar-refractivity contribution in [3.05, 3.63) is 110 Å². The quantitative estimate of drug-likeness (QED) is 0.129. The number of carbonyl (C=O) groups excluding carboxylic acids is 1. The van der Waals surface area contributed by atoms with Crippen molar-refractivity contribution >= 4 is 55.0 Å². The van der Waals surface area contributed by atoms with Crippen LogP contribution in [0.2, 0.25) is 0 Å². The number of Topliss-reactive ketones (excluding diaryl/α,β-unsaturated/α-hetero) is 1. The van der Waals surface area contributed by atoms with Crippen LogP contribution >= 0.6 is 39.0 Å². The van der Waals surface area contributed by atoms with Crippen LogP contribution in [-0.4, -0.2) is 21.1 Å². The number of thiophene rings is 1. The molecule has 34 heavy (non-hydrogen) atoms. The number of para-hydroxylation sites is 1. The molecule has 2 heterocycles. The van der Waals surface area contributed by atoms with E-state index in [0.29, 0.717) is 20.9 Å². The van der Waals surface area contributed by atoms with E-state index >= 15 is 0 Å². The van der Waals surface area contributed by atoms with E-state index < -0.39 is 0 Å². The van der Waals surface area contributed by atoms with Crippen LogP contribution in [-0.2, 0) is 0 Å². The van der Waals surface area contributed by atoms with Gasteiger partial charge in [-0.25, -0.2) is 4.98 Å². The van der Waals surface area contributed by atoms with Crippen LogP contribution in [0, 0.1) is 6.92 Å². The summed E-state index contributed by atoms with van der Waals surface area (Å²) in [6.45, 7) is 2.02. The number of aryl methyl sites for hydroxylation is 1. The molecular formula is C27H19BrN2O2S2. The smallest absolute Gasteiger partial charge is 0.268 e. The summed E-state index contributed by atoms with van der Waals surface area (Å²) in [7, 11) is 0. The topological polar surface area (TPSA) is 52.0 Å². The molecular weight excluding hydrogens is 528 g/mol. The van der Waals surface area contributed by atoms with E-state index in [-0.39, 0.29) is 17.1 Å². The van der Waals surface area contributed by atoms with Gasteiger partial charge in [0, 0.05) is 20.5 Å². The van der Waals surface area contributed by atoms with Crippen molar-refractivity contribution in [3.63, 3.8) is 0 Å². The van der Waals surface area contributed by atoms with Crippen LogP contribution in [0.15, 0.2) is 99.4 Å². The Morgan fingerprint density at radius 2 is 1.62 bits per heavy atom. The average Bonchev–Trinajstić information content (AvgIpc) is 3.20. The van der Waals surface area contributed by atoms with Crippen molar-refractivity contribution in [2.24, 2.45) is 0 Å². The van der Waals surface area contributed by atoms with Crippen LogP contribution in [0.25, 0.3) is 27.0 Å². The minimum absolute atomic E-state index is 0.0150. The minimum Gasteiger partial charge on any atom is -0.293 e. The SMILES string of the molecule is Cc1sc2nc(SCC(=O)c3ccc(Br)cc3)n(-c3ccccc3)c(=O)c2c1-c1ccccc1. The van der Waals surface area contributed by atoms with Gasteiger partial charge in [-0.15, -0.1) is 11.3 Å². The molecule has 2 aromatic heterocycles. The number of halogens is 1. The van der Waals surface area contributed by atoms with E-state index in [1.54, 1.807) is 16.7 Å². The van der Waals surface area contributed by atoms with E-state index in [4.69, 9.17) is 4.98 Å². The van der Waals surface area contributed by atoms with Gasteiger partial charge in [0.25, 0.3) is 5.56 Å². The predicted octanol–water partition coefficient (Wildman–Crippen LogP) is 7.16. The van der Waals surface area contributed by atoms with Crippen molar-refractivity contribution in [3.8, 4) is 16.8 Å². The molecule has 3 aromatic carbocycles. The van der Waals surface area contributed by atoms with Gasteiger partial charge in [0.15, 0.2) is 10.9 Å². The monoisotopic (exact) mass is 546 g/mol. The molecule has 168 valence electrons. The maximum Gasteiger partial charge on any atom is 0.268 e. The van der Waals surface area contributed by atoms with Crippen molar-refractivity contribution in [1.29, 1.82) is 0 Å². The Labute approximate surface area is 213 Å². The summed E-state index contributed by atoms with van der Waals surface area (Å²) in [5, 5.41) is 1.12. The van der Waals surface area contributed by atoms with Crippen LogP contribution in [0.4, 0.5) is 0 Å². The van der Waals surface area contributed by atoms with Gasteiger partial charge in [0.1, 0.15) is 4.83 Å². The van der Waals surface area contributed by atoms with Crippen LogP contribution in [0.5, 0.6) is 0 Å². The number of ketones is 1. The van der Waals surface area contributed by atoms with E-state index in [9.17, 15) is 9.59 Å². The van der Waals surface area contributed by atoms with E-state index in [1.807, 2.05) is 79.7 Å². The van der Waals surface area contributed by atoms with Crippen LogP contribution in [0.1, 0.15) is 15.2 Å².